The molecule has 2 fully saturated rings. The van der Waals surface area contributed by atoms with E-state index in [0.717, 1.165) is 31.7 Å². The maximum atomic E-state index is 12.0. The molecule has 3 nitrogen and oxygen atoms in total. The van der Waals surface area contributed by atoms with Crippen LogP contribution in [0.3, 0.4) is 0 Å². The third-order valence-corrected chi connectivity index (χ3v) is 4.95. The first-order chi connectivity index (χ1) is 8.69. The fourth-order valence-corrected chi connectivity index (χ4v) is 3.49. The molecular formula is C15H29ClN2O. The maximum absolute atomic E-state index is 12.0. The van der Waals surface area contributed by atoms with Crippen molar-refractivity contribution in [2.24, 2.45) is 23.5 Å². The van der Waals surface area contributed by atoms with Crippen molar-refractivity contribution in [3.63, 3.8) is 0 Å². The van der Waals surface area contributed by atoms with Gasteiger partial charge in [0.25, 0.3) is 0 Å². The molecule has 0 heterocycles. The molecule has 0 spiro atoms. The van der Waals surface area contributed by atoms with Gasteiger partial charge in [-0.05, 0) is 43.9 Å². The fourth-order valence-electron chi connectivity index (χ4n) is 3.49. The molecule has 0 aromatic carbocycles. The highest BCUT2D eigenvalue weighted by atomic mass is 35.5. The third kappa shape index (κ3) is 4.96. The van der Waals surface area contributed by atoms with Crippen molar-refractivity contribution in [2.75, 3.05) is 6.54 Å². The Labute approximate surface area is 123 Å². The van der Waals surface area contributed by atoms with E-state index >= 15 is 0 Å². The molecule has 0 saturated heterocycles. The summed E-state index contributed by atoms with van der Waals surface area (Å²) < 4.78 is 0. The number of halogens is 1. The fraction of sp³-hybridized carbons (Fsp3) is 0.933. The molecule has 2 aliphatic rings. The van der Waals surface area contributed by atoms with Crippen molar-refractivity contribution in [3.05, 3.63) is 0 Å². The largest absolute Gasteiger partial charge is 0.356 e. The van der Waals surface area contributed by atoms with Gasteiger partial charge in [-0.1, -0.05) is 26.2 Å². The number of hydrogen-bond donors (Lipinski definition) is 2. The second-order valence-corrected chi connectivity index (χ2v) is 6.31. The van der Waals surface area contributed by atoms with Crippen molar-refractivity contribution in [1.82, 2.24) is 5.32 Å². The van der Waals surface area contributed by atoms with E-state index in [9.17, 15) is 4.79 Å². The summed E-state index contributed by atoms with van der Waals surface area (Å²) in [5.74, 6) is 2.09. The Kier molecular flexibility index (Phi) is 7.16. The quantitative estimate of drug-likeness (QED) is 0.836. The van der Waals surface area contributed by atoms with E-state index in [1.165, 1.54) is 32.1 Å². The molecular weight excluding hydrogens is 260 g/mol. The Morgan fingerprint density at radius 3 is 2.26 bits per heavy atom. The number of nitrogens with two attached hydrogens (primary N) is 1. The van der Waals surface area contributed by atoms with Crippen LogP contribution in [0.4, 0.5) is 0 Å². The summed E-state index contributed by atoms with van der Waals surface area (Å²) >= 11 is 0. The molecule has 0 radical (unpaired) electrons. The number of nitrogens with one attached hydrogen (secondary N) is 1. The minimum absolute atomic E-state index is 0. The van der Waals surface area contributed by atoms with Gasteiger partial charge in [-0.2, -0.15) is 0 Å². The van der Waals surface area contributed by atoms with Crippen LogP contribution in [0.25, 0.3) is 0 Å². The summed E-state index contributed by atoms with van der Waals surface area (Å²) in [5, 5.41) is 3.15. The highest BCUT2D eigenvalue weighted by Gasteiger charge is 2.28. The van der Waals surface area contributed by atoms with Gasteiger partial charge < -0.3 is 11.1 Å². The summed E-state index contributed by atoms with van der Waals surface area (Å²) in [6, 6.07) is 0.251. The first-order valence-electron chi connectivity index (χ1n) is 7.72. The van der Waals surface area contributed by atoms with E-state index in [0.29, 0.717) is 5.92 Å². The summed E-state index contributed by atoms with van der Waals surface area (Å²) in [4.78, 5) is 12.0. The zero-order valence-electron chi connectivity index (χ0n) is 12.1. The van der Waals surface area contributed by atoms with Crippen LogP contribution < -0.4 is 11.1 Å². The van der Waals surface area contributed by atoms with Gasteiger partial charge in [0.2, 0.25) is 5.91 Å². The van der Waals surface area contributed by atoms with Gasteiger partial charge in [0, 0.05) is 18.5 Å². The lowest BCUT2D eigenvalue weighted by Crippen LogP contribution is -2.35. The SMILES string of the molecule is CCC1CCC(CNC(=O)C2CCC(N)C2)CC1.Cl. The zero-order chi connectivity index (χ0) is 13.0. The Morgan fingerprint density at radius 1 is 1.11 bits per heavy atom. The van der Waals surface area contributed by atoms with E-state index in [1.807, 2.05) is 0 Å². The summed E-state index contributed by atoms with van der Waals surface area (Å²) in [7, 11) is 0. The molecule has 3 N–H and O–H groups in total. The van der Waals surface area contributed by atoms with Crippen LogP contribution >= 0.6 is 12.4 Å². The molecule has 2 saturated carbocycles. The standard InChI is InChI=1S/C15H28N2O.ClH/c1-2-11-3-5-12(6-4-11)10-17-15(18)13-7-8-14(16)9-13;/h11-14H,2-10,16H2,1H3,(H,17,18);1H. The second kappa shape index (κ2) is 8.11. The average Bonchev–Trinajstić information content (AvgIpc) is 2.83. The van der Waals surface area contributed by atoms with Crippen molar-refractivity contribution in [3.8, 4) is 0 Å². The monoisotopic (exact) mass is 288 g/mol. The van der Waals surface area contributed by atoms with Crippen LogP contribution in [0, 0.1) is 17.8 Å². The van der Waals surface area contributed by atoms with E-state index < -0.39 is 0 Å². The molecule has 2 atom stereocenters. The molecule has 2 rings (SSSR count). The van der Waals surface area contributed by atoms with Crippen LogP contribution in [0.5, 0.6) is 0 Å². The highest BCUT2D eigenvalue weighted by Crippen LogP contribution is 2.30. The van der Waals surface area contributed by atoms with Crippen LogP contribution in [0.15, 0.2) is 0 Å². The smallest absolute Gasteiger partial charge is 0.223 e. The van der Waals surface area contributed by atoms with Gasteiger partial charge in [0.15, 0.2) is 0 Å². The Bertz CT molecular complexity index is 277. The lowest BCUT2D eigenvalue weighted by Gasteiger charge is -2.28. The molecule has 0 bridgehead atoms. The van der Waals surface area contributed by atoms with Crippen LogP contribution in [-0.2, 0) is 4.79 Å². The lowest BCUT2D eigenvalue weighted by molar-refractivity contribution is -0.125. The first-order valence-corrected chi connectivity index (χ1v) is 7.72. The molecule has 1 amide bonds. The van der Waals surface area contributed by atoms with Gasteiger partial charge >= 0.3 is 0 Å². The first kappa shape index (κ1) is 16.8. The Balaban J connectivity index is 0.00000180. The molecule has 112 valence electrons. The molecule has 0 aromatic heterocycles. The van der Waals surface area contributed by atoms with Crippen molar-refractivity contribution < 1.29 is 4.79 Å². The molecule has 2 aliphatic carbocycles. The number of amides is 1. The zero-order valence-corrected chi connectivity index (χ0v) is 12.9. The van der Waals surface area contributed by atoms with Crippen molar-refractivity contribution in [2.45, 2.75) is 64.3 Å². The average molecular weight is 289 g/mol. The minimum atomic E-state index is 0. The summed E-state index contributed by atoms with van der Waals surface area (Å²) in [6.07, 6.45) is 9.49. The minimum Gasteiger partial charge on any atom is -0.356 e. The number of rotatable bonds is 4. The summed E-state index contributed by atoms with van der Waals surface area (Å²) in [6.45, 7) is 3.18. The maximum Gasteiger partial charge on any atom is 0.223 e. The number of carbonyl (C=O) groups is 1. The van der Waals surface area contributed by atoms with Gasteiger partial charge in [0.1, 0.15) is 0 Å². The second-order valence-electron chi connectivity index (χ2n) is 6.31. The van der Waals surface area contributed by atoms with Gasteiger partial charge in [0.05, 0.1) is 0 Å². The molecule has 0 aliphatic heterocycles. The van der Waals surface area contributed by atoms with E-state index in [2.05, 4.69) is 12.2 Å². The van der Waals surface area contributed by atoms with Gasteiger partial charge in [-0.25, -0.2) is 0 Å². The summed E-state index contributed by atoms with van der Waals surface area (Å²) in [5.41, 5.74) is 5.85. The highest BCUT2D eigenvalue weighted by molar-refractivity contribution is 5.85. The number of hydrogen-bond acceptors (Lipinski definition) is 2. The van der Waals surface area contributed by atoms with Crippen LogP contribution in [0.2, 0.25) is 0 Å². The van der Waals surface area contributed by atoms with Gasteiger partial charge in [-0.15, -0.1) is 12.4 Å². The van der Waals surface area contributed by atoms with E-state index in [1.54, 1.807) is 0 Å². The predicted molar refractivity (Wildman–Crippen MR) is 81.3 cm³/mol. The lowest BCUT2D eigenvalue weighted by atomic mass is 9.81. The van der Waals surface area contributed by atoms with Crippen molar-refractivity contribution in [1.29, 1.82) is 0 Å². The van der Waals surface area contributed by atoms with E-state index in [-0.39, 0.29) is 30.3 Å². The molecule has 2 unspecified atom stereocenters. The molecule has 4 heteroatoms. The third-order valence-electron chi connectivity index (χ3n) is 4.95. The van der Waals surface area contributed by atoms with Crippen molar-refractivity contribution >= 4 is 18.3 Å². The molecule has 0 aromatic rings. The van der Waals surface area contributed by atoms with Crippen LogP contribution in [-0.4, -0.2) is 18.5 Å². The number of carbonyl (C=O) groups excluding carboxylic acids is 1. The predicted octanol–water partition coefficient (Wildman–Crippen LogP) is 2.87. The van der Waals surface area contributed by atoms with Crippen LogP contribution in [0.1, 0.15) is 58.3 Å². The topological polar surface area (TPSA) is 55.1 Å². The normalized spacial score (nSPS) is 34.6. The molecule has 19 heavy (non-hydrogen) atoms. The Morgan fingerprint density at radius 2 is 1.74 bits per heavy atom. The van der Waals surface area contributed by atoms with E-state index in [4.69, 9.17) is 5.73 Å². The van der Waals surface area contributed by atoms with Gasteiger partial charge in [-0.3, -0.25) is 4.79 Å². The Hall–Kier alpha value is -0.280.